The number of halogens is 2. The van der Waals surface area contributed by atoms with Crippen molar-refractivity contribution < 1.29 is 4.79 Å². The van der Waals surface area contributed by atoms with E-state index in [4.69, 9.17) is 35.4 Å². The van der Waals surface area contributed by atoms with Crippen LogP contribution in [-0.2, 0) is 0 Å². The lowest BCUT2D eigenvalue weighted by molar-refractivity contribution is 0.0970. The summed E-state index contributed by atoms with van der Waals surface area (Å²) in [7, 11) is 0. The van der Waals surface area contributed by atoms with Gasteiger partial charge in [0, 0.05) is 17.6 Å². The van der Waals surface area contributed by atoms with Crippen LogP contribution >= 0.6 is 35.4 Å². The average molecular weight is 385 g/mol. The van der Waals surface area contributed by atoms with Gasteiger partial charge in [0.1, 0.15) is 0 Å². The highest BCUT2D eigenvalue weighted by Crippen LogP contribution is 2.47. The van der Waals surface area contributed by atoms with E-state index in [1.54, 1.807) is 18.2 Å². The molecule has 2 aliphatic rings. The van der Waals surface area contributed by atoms with Crippen molar-refractivity contribution in [2.75, 3.05) is 6.54 Å². The van der Waals surface area contributed by atoms with Gasteiger partial charge in [0.2, 0.25) is 0 Å². The Morgan fingerprint density at radius 2 is 1.92 bits per heavy atom. The molecule has 0 bridgehead atoms. The lowest BCUT2D eigenvalue weighted by Crippen LogP contribution is -2.50. The van der Waals surface area contributed by atoms with Crippen molar-refractivity contribution in [1.29, 1.82) is 0 Å². The lowest BCUT2D eigenvalue weighted by Gasteiger charge is -2.34. The molecule has 130 valence electrons. The summed E-state index contributed by atoms with van der Waals surface area (Å²) in [6, 6.07) is 5.35. The van der Waals surface area contributed by atoms with Gasteiger partial charge in [-0.15, -0.1) is 0 Å². The van der Waals surface area contributed by atoms with E-state index in [2.05, 4.69) is 17.1 Å². The van der Waals surface area contributed by atoms with Crippen LogP contribution in [0.4, 0.5) is 0 Å². The number of hydrogen-bond donors (Lipinski definition) is 1. The van der Waals surface area contributed by atoms with Crippen LogP contribution in [0.15, 0.2) is 18.2 Å². The molecule has 24 heavy (non-hydrogen) atoms. The topological polar surface area (TPSA) is 32.3 Å². The molecule has 0 radical (unpaired) electrons. The van der Waals surface area contributed by atoms with E-state index >= 15 is 0 Å². The first-order valence-corrected chi connectivity index (χ1v) is 9.74. The van der Waals surface area contributed by atoms with Crippen molar-refractivity contribution in [3.05, 3.63) is 33.8 Å². The van der Waals surface area contributed by atoms with E-state index in [0.29, 0.717) is 26.8 Å². The summed E-state index contributed by atoms with van der Waals surface area (Å²) in [5, 5.41) is 4.25. The van der Waals surface area contributed by atoms with Gasteiger partial charge in [0.05, 0.1) is 10.6 Å². The highest BCUT2D eigenvalue weighted by atomic mass is 35.5. The highest BCUT2D eigenvalue weighted by Gasteiger charge is 2.45. The zero-order chi connectivity index (χ0) is 17.3. The molecule has 0 aromatic heterocycles. The van der Waals surface area contributed by atoms with Crippen LogP contribution in [0.25, 0.3) is 0 Å². The number of nitrogens with one attached hydrogen (secondary N) is 1. The molecule has 1 aromatic rings. The first kappa shape index (κ1) is 18.0. The standard InChI is InChI=1S/C18H22Cl2N2OS/c1-2-9-22(16(11-3-4-11)12-5-6-12)18(24)21-17(23)14-8-7-13(19)10-15(14)20/h7-8,10-12,16H,2-6,9H2,1H3,(H,21,23,24). The molecule has 2 fully saturated rings. The van der Waals surface area contributed by atoms with Crippen LogP contribution in [-0.4, -0.2) is 28.5 Å². The largest absolute Gasteiger partial charge is 0.345 e. The Morgan fingerprint density at radius 3 is 2.42 bits per heavy atom. The minimum atomic E-state index is -0.270. The minimum absolute atomic E-state index is 0.270. The molecule has 0 heterocycles. The molecule has 2 saturated carbocycles. The van der Waals surface area contributed by atoms with Gasteiger partial charge in [0.25, 0.3) is 5.91 Å². The summed E-state index contributed by atoms with van der Waals surface area (Å²) < 4.78 is 0. The van der Waals surface area contributed by atoms with Gasteiger partial charge < -0.3 is 4.90 Å². The quantitative estimate of drug-likeness (QED) is 0.707. The molecule has 3 nitrogen and oxygen atoms in total. The van der Waals surface area contributed by atoms with Crippen molar-refractivity contribution in [2.24, 2.45) is 11.8 Å². The third-order valence-corrected chi connectivity index (χ3v) is 5.58. The predicted octanol–water partition coefficient (Wildman–Crippen LogP) is 4.91. The van der Waals surface area contributed by atoms with Crippen LogP contribution in [0.3, 0.4) is 0 Å². The molecular weight excluding hydrogens is 363 g/mol. The molecular formula is C18H22Cl2N2OS. The summed E-state index contributed by atoms with van der Waals surface area (Å²) in [4.78, 5) is 14.8. The molecule has 1 N–H and O–H groups in total. The average Bonchev–Trinajstić information content (AvgIpc) is 3.41. The highest BCUT2D eigenvalue weighted by molar-refractivity contribution is 7.80. The maximum absolute atomic E-state index is 12.5. The van der Waals surface area contributed by atoms with Crippen molar-refractivity contribution in [2.45, 2.75) is 45.1 Å². The van der Waals surface area contributed by atoms with Gasteiger partial charge in [0.15, 0.2) is 5.11 Å². The lowest BCUT2D eigenvalue weighted by atomic mass is 10.1. The van der Waals surface area contributed by atoms with E-state index < -0.39 is 0 Å². The summed E-state index contributed by atoms with van der Waals surface area (Å²) in [6.45, 7) is 3.02. The van der Waals surface area contributed by atoms with Gasteiger partial charge in [-0.1, -0.05) is 30.1 Å². The zero-order valence-electron chi connectivity index (χ0n) is 13.7. The molecule has 0 unspecified atom stereocenters. The second-order valence-electron chi connectivity index (χ2n) is 6.74. The molecule has 1 amide bonds. The second kappa shape index (κ2) is 7.59. The minimum Gasteiger partial charge on any atom is -0.345 e. The Balaban J connectivity index is 1.71. The molecule has 0 saturated heterocycles. The van der Waals surface area contributed by atoms with Crippen molar-refractivity contribution in [1.82, 2.24) is 10.2 Å². The van der Waals surface area contributed by atoms with Crippen molar-refractivity contribution in [3.63, 3.8) is 0 Å². The number of nitrogens with zero attached hydrogens (tertiary/aromatic N) is 1. The first-order chi connectivity index (χ1) is 11.5. The van der Waals surface area contributed by atoms with Crippen molar-refractivity contribution in [3.8, 4) is 0 Å². The summed E-state index contributed by atoms with van der Waals surface area (Å²) >= 11 is 17.6. The molecule has 1 aromatic carbocycles. The smallest absolute Gasteiger partial charge is 0.258 e. The number of rotatable bonds is 6. The van der Waals surface area contributed by atoms with Gasteiger partial charge in [-0.05, 0) is 74.4 Å². The number of carbonyl (C=O) groups excluding carboxylic acids is 1. The Hall–Kier alpha value is -0.840. The number of amides is 1. The summed E-state index contributed by atoms with van der Waals surface area (Å²) in [5.74, 6) is 1.20. The normalized spacial score (nSPS) is 17.0. The van der Waals surface area contributed by atoms with Crippen molar-refractivity contribution >= 4 is 46.4 Å². The third-order valence-electron chi connectivity index (χ3n) is 4.69. The predicted molar refractivity (Wildman–Crippen MR) is 103 cm³/mol. The maximum Gasteiger partial charge on any atom is 0.258 e. The van der Waals surface area contributed by atoms with E-state index in [9.17, 15) is 4.79 Å². The maximum atomic E-state index is 12.5. The van der Waals surface area contributed by atoms with Crippen LogP contribution in [0.2, 0.25) is 10.0 Å². The van der Waals surface area contributed by atoms with Gasteiger partial charge >= 0.3 is 0 Å². The van der Waals surface area contributed by atoms with Crippen LogP contribution < -0.4 is 5.32 Å². The number of benzene rings is 1. The fourth-order valence-corrected chi connectivity index (χ4v) is 4.11. The van der Waals surface area contributed by atoms with E-state index in [1.807, 2.05) is 0 Å². The number of hydrogen-bond acceptors (Lipinski definition) is 2. The molecule has 6 heteroatoms. The Morgan fingerprint density at radius 1 is 1.29 bits per heavy atom. The van der Waals surface area contributed by atoms with E-state index in [1.165, 1.54) is 25.7 Å². The fourth-order valence-electron chi connectivity index (χ4n) is 3.31. The van der Waals surface area contributed by atoms with Crippen LogP contribution in [0, 0.1) is 11.8 Å². The molecule has 0 spiro atoms. The summed E-state index contributed by atoms with van der Waals surface area (Å²) in [5.41, 5.74) is 0.397. The van der Waals surface area contributed by atoms with Crippen LogP contribution in [0.1, 0.15) is 49.4 Å². The molecule has 3 rings (SSSR count). The van der Waals surface area contributed by atoms with Gasteiger partial charge in [-0.25, -0.2) is 0 Å². The zero-order valence-corrected chi connectivity index (χ0v) is 16.1. The Kier molecular flexibility index (Phi) is 5.68. The Labute approximate surface area is 158 Å². The number of carbonyl (C=O) groups is 1. The molecule has 0 aliphatic heterocycles. The van der Waals surface area contributed by atoms with E-state index in [0.717, 1.165) is 24.8 Å². The molecule has 2 aliphatic carbocycles. The van der Waals surface area contributed by atoms with Gasteiger partial charge in [-0.3, -0.25) is 10.1 Å². The monoisotopic (exact) mass is 384 g/mol. The SMILES string of the molecule is CCCN(C(=S)NC(=O)c1ccc(Cl)cc1Cl)C(C1CC1)C1CC1. The molecule has 0 atom stereocenters. The van der Waals surface area contributed by atoms with Crippen LogP contribution in [0.5, 0.6) is 0 Å². The third kappa shape index (κ3) is 4.22. The second-order valence-corrected chi connectivity index (χ2v) is 7.97. The summed E-state index contributed by atoms with van der Waals surface area (Å²) in [6.07, 6.45) is 6.12. The fraction of sp³-hybridized carbons (Fsp3) is 0.556. The van der Waals surface area contributed by atoms with E-state index in [-0.39, 0.29) is 5.91 Å². The Bertz CT molecular complexity index is 632. The first-order valence-electron chi connectivity index (χ1n) is 8.58. The number of thiocarbonyl (C=S) groups is 1. The van der Waals surface area contributed by atoms with Gasteiger partial charge in [-0.2, -0.15) is 0 Å².